The highest BCUT2D eigenvalue weighted by Crippen LogP contribution is 2.19. The van der Waals surface area contributed by atoms with Gasteiger partial charge < -0.3 is 22.9 Å². The minimum atomic E-state index is -0.516. The van der Waals surface area contributed by atoms with Gasteiger partial charge in [-0.1, -0.05) is 0 Å². The lowest BCUT2D eigenvalue weighted by Crippen LogP contribution is -2.16. The molecule has 0 aromatic heterocycles. The number of primary amides is 2. The fourth-order valence-electron chi connectivity index (χ4n) is 2.39. The number of hydrogen-bond donors (Lipinski definition) is 4. The highest BCUT2D eigenvalue weighted by molar-refractivity contribution is 5.95. The number of hydrogen-bond acceptors (Lipinski definition) is 4. The highest BCUT2D eigenvalue weighted by Gasteiger charge is 2.12. The topological polar surface area (TPSA) is 138 Å². The second-order valence-corrected chi connectivity index (χ2v) is 5.06. The van der Waals surface area contributed by atoms with E-state index in [2.05, 4.69) is 0 Å². The van der Waals surface area contributed by atoms with Gasteiger partial charge in [-0.3, -0.25) is 9.59 Å². The van der Waals surface area contributed by atoms with Gasteiger partial charge >= 0.3 is 0 Å². The summed E-state index contributed by atoms with van der Waals surface area (Å²) in [4.78, 5) is 22.9. The monoisotopic (exact) mass is 298 g/mol. The number of aryl methyl sites for hydroxylation is 2. The zero-order valence-electron chi connectivity index (χ0n) is 12.0. The Hall–Kier alpha value is -3.02. The highest BCUT2D eigenvalue weighted by atomic mass is 16.1. The molecule has 22 heavy (non-hydrogen) atoms. The first kappa shape index (κ1) is 15.4. The minimum absolute atomic E-state index is 0.415. The first-order valence-corrected chi connectivity index (χ1v) is 6.75. The van der Waals surface area contributed by atoms with Crippen LogP contribution in [0.1, 0.15) is 31.8 Å². The molecule has 8 N–H and O–H groups in total. The standard InChI is InChI=1S/C16H18N4O2/c17-11-3-5-13(15(19)21)9(7-11)1-2-10-8-12(18)4-6-14(10)16(20)22/h3-8H,1-2,17-18H2,(H2,19,21)(H2,20,22). The maximum Gasteiger partial charge on any atom is 0.248 e. The second kappa shape index (κ2) is 6.17. The first-order valence-electron chi connectivity index (χ1n) is 6.75. The molecule has 0 aliphatic rings. The van der Waals surface area contributed by atoms with E-state index >= 15 is 0 Å². The van der Waals surface area contributed by atoms with Crippen molar-refractivity contribution in [3.63, 3.8) is 0 Å². The molecule has 0 bridgehead atoms. The third-order valence-corrected chi connectivity index (χ3v) is 3.45. The number of benzene rings is 2. The Labute approximate surface area is 128 Å². The van der Waals surface area contributed by atoms with Crippen molar-refractivity contribution in [3.8, 4) is 0 Å². The Morgan fingerprint density at radius 1 is 0.727 bits per heavy atom. The predicted octanol–water partition coefficient (Wildman–Crippen LogP) is 0.834. The van der Waals surface area contributed by atoms with Crippen molar-refractivity contribution in [1.29, 1.82) is 0 Å². The number of amides is 2. The zero-order chi connectivity index (χ0) is 16.3. The van der Waals surface area contributed by atoms with Crippen LogP contribution < -0.4 is 22.9 Å². The van der Waals surface area contributed by atoms with E-state index in [-0.39, 0.29) is 0 Å². The summed E-state index contributed by atoms with van der Waals surface area (Å²) in [6.07, 6.45) is 0.986. The maximum absolute atomic E-state index is 11.5. The SMILES string of the molecule is NC(=O)c1ccc(N)cc1CCc1cc(N)ccc1C(N)=O. The van der Waals surface area contributed by atoms with Crippen LogP contribution in [0, 0.1) is 0 Å². The average molecular weight is 298 g/mol. The fraction of sp³-hybridized carbons (Fsp3) is 0.125. The van der Waals surface area contributed by atoms with Gasteiger partial charge in [0.15, 0.2) is 0 Å². The largest absolute Gasteiger partial charge is 0.399 e. The molecule has 2 rings (SSSR count). The summed E-state index contributed by atoms with van der Waals surface area (Å²) in [6, 6.07) is 9.85. The molecule has 0 atom stereocenters. The lowest BCUT2D eigenvalue weighted by molar-refractivity contribution is 0.0990. The molecule has 0 radical (unpaired) electrons. The molecule has 0 aliphatic heterocycles. The van der Waals surface area contributed by atoms with Crippen LogP contribution in [0.25, 0.3) is 0 Å². The molecule has 0 unspecified atom stereocenters. The Morgan fingerprint density at radius 2 is 1.09 bits per heavy atom. The smallest absolute Gasteiger partial charge is 0.248 e. The number of rotatable bonds is 5. The van der Waals surface area contributed by atoms with Crippen molar-refractivity contribution in [2.75, 3.05) is 11.5 Å². The van der Waals surface area contributed by atoms with Crippen molar-refractivity contribution < 1.29 is 9.59 Å². The van der Waals surface area contributed by atoms with Crippen LogP contribution in [0.4, 0.5) is 11.4 Å². The summed E-state index contributed by atoms with van der Waals surface area (Å²) in [5.74, 6) is -1.03. The lowest BCUT2D eigenvalue weighted by Gasteiger charge is -2.11. The summed E-state index contributed by atoms with van der Waals surface area (Å²) in [6.45, 7) is 0. The normalized spacial score (nSPS) is 10.4. The molecule has 0 spiro atoms. The van der Waals surface area contributed by atoms with E-state index in [0.29, 0.717) is 35.3 Å². The molecule has 0 saturated carbocycles. The van der Waals surface area contributed by atoms with Gasteiger partial charge in [0.25, 0.3) is 0 Å². The molecule has 6 nitrogen and oxygen atoms in total. The summed E-state index contributed by atoms with van der Waals surface area (Å²) < 4.78 is 0. The predicted molar refractivity (Wildman–Crippen MR) is 86.2 cm³/mol. The molecule has 0 heterocycles. The molecule has 6 heteroatoms. The molecule has 2 aromatic rings. The number of carbonyl (C=O) groups is 2. The molecule has 0 fully saturated rings. The Kier molecular flexibility index (Phi) is 4.31. The van der Waals surface area contributed by atoms with E-state index in [1.165, 1.54) is 0 Å². The van der Waals surface area contributed by atoms with Crippen LogP contribution in [0.15, 0.2) is 36.4 Å². The fourth-order valence-corrected chi connectivity index (χ4v) is 2.39. The third-order valence-electron chi connectivity index (χ3n) is 3.45. The van der Waals surface area contributed by atoms with Crippen LogP contribution in [0.2, 0.25) is 0 Å². The van der Waals surface area contributed by atoms with Crippen molar-refractivity contribution in [2.45, 2.75) is 12.8 Å². The minimum Gasteiger partial charge on any atom is -0.399 e. The van der Waals surface area contributed by atoms with E-state index in [0.717, 1.165) is 11.1 Å². The van der Waals surface area contributed by atoms with Crippen LogP contribution in [0.3, 0.4) is 0 Å². The van der Waals surface area contributed by atoms with Gasteiger partial charge in [0.2, 0.25) is 11.8 Å². The molecular weight excluding hydrogens is 280 g/mol. The van der Waals surface area contributed by atoms with Crippen LogP contribution in [-0.2, 0) is 12.8 Å². The first-order chi connectivity index (χ1) is 10.4. The van der Waals surface area contributed by atoms with Gasteiger partial charge in [0.05, 0.1) is 0 Å². The third kappa shape index (κ3) is 3.35. The van der Waals surface area contributed by atoms with Gasteiger partial charge in [-0.2, -0.15) is 0 Å². The zero-order valence-corrected chi connectivity index (χ0v) is 12.0. The van der Waals surface area contributed by atoms with Gasteiger partial charge in [0.1, 0.15) is 0 Å². The molecular formula is C16H18N4O2. The number of carbonyl (C=O) groups excluding carboxylic acids is 2. The van der Waals surface area contributed by atoms with Crippen molar-refractivity contribution >= 4 is 23.2 Å². The van der Waals surface area contributed by atoms with Crippen molar-refractivity contribution in [2.24, 2.45) is 11.5 Å². The van der Waals surface area contributed by atoms with E-state index in [1.807, 2.05) is 0 Å². The lowest BCUT2D eigenvalue weighted by atomic mass is 9.96. The van der Waals surface area contributed by atoms with Gasteiger partial charge in [-0.05, 0) is 60.4 Å². The summed E-state index contributed by atoms with van der Waals surface area (Å²) in [5.41, 5.74) is 25.6. The number of nitrogen functional groups attached to an aromatic ring is 2. The molecule has 114 valence electrons. The Balaban J connectivity index is 2.31. The summed E-state index contributed by atoms with van der Waals surface area (Å²) >= 11 is 0. The van der Waals surface area contributed by atoms with E-state index < -0.39 is 11.8 Å². The van der Waals surface area contributed by atoms with Crippen molar-refractivity contribution in [3.05, 3.63) is 58.7 Å². The Bertz CT molecular complexity index is 677. The quantitative estimate of drug-likeness (QED) is 0.607. The second-order valence-electron chi connectivity index (χ2n) is 5.06. The van der Waals surface area contributed by atoms with Crippen LogP contribution >= 0.6 is 0 Å². The van der Waals surface area contributed by atoms with E-state index in [9.17, 15) is 9.59 Å². The maximum atomic E-state index is 11.5. The number of nitrogens with two attached hydrogens (primary N) is 4. The average Bonchev–Trinajstić information content (AvgIpc) is 2.44. The number of anilines is 2. The van der Waals surface area contributed by atoms with Gasteiger partial charge in [-0.25, -0.2) is 0 Å². The molecule has 2 aromatic carbocycles. The molecule has 0 saturated heterocycles. The molecule has 2 amide bonds. The van der Waals surface area contributed by atoms with Crippen LogP contribution in [0.5, 0.6) is 0 Å². The van der Waals surface area contributed by atoms with E-state index in [1.54, 1.807) is 36.4 Å². The van der Waals surface area contributed by atoms with E-state index in [4.69, 9.17) is 22.9 Å². The van der Waals surface area contributed by atoms with Gasteiger partial charge in [0, 0.05) is 22.5 Å². The Morgan fingerprint density at radius 3 is 1.41 bits per heavy atom. The molecule has 0 aliphatic carbocycles. The van der Waals surface area contributed by atoms with Gasteiger partial charge in [-0.15, -0.1) is 0 Å². The summed E-state index contributed by atoms with van der Waals surface area (Å²) in [5, 5.41) is 0. The van der Waals surface area contributed by atoms with Crippen molar-refractivity contribution in [1.82, 2.24) is 0 Å². The summed E-state index contributed by atoms with van der Waals surface area (Å²) in [7, 11) is 0. The van der Waals surface area contributed by atoms with Crippen LogP contribution in [-0.4, -0.2) is 11.8 Å².